The van der Waals surface area contributed by atoms with Crippen molar-refractivity contribution in [3.8, 4) is 11.1 Å². The van der Waals surface area contributed by atoms with Crippen LogP contribution in [0.1, 0.15) is 62.3 Å². The molecule has 40 heavy (non-hydrogen) atoms. The lowest BCUT2D eigenvalue weighted by atomic mass is 10.0. The topological polar surface area (TPSA) is 106 Å². The molecular weight excluding hydrogens is 502 g/mol. The van der Waals surface area contributed by atoms with Gasteiger partial charge in [-0.2, -0.15) is 0 Å². The number of likely N-dealkylation sites (tertiary alicyclic amines) is 1. The van der Waals surface area contributed by atoms with Gasteiger partial charge in [-0.05, 0) is 74.3 Å². The smallest absolute Gasteiger partial charge is 0.222 e. The second-order valence-electron chi connectivity index (χ2n) is 10.00. The summed E-state index contributed by atoms with van der Waals surface area (Å²) in [4.78, 5) is 22.4. The van der Waals surface area contributed by atoms with Crippen LogP contribution in [0.25, 0.3) is 11.1 Å². The van der Waals surface area contributed by atoms with Crippen LogP contribution in [0.3, 0.4) is 0 Å². The summed E-state index contributed by atoms with van der Waals surface area (Å²) in [5, 5.41) is 8.84. The second-order valence-corrected chi connectivity index (χ2v) is 10.00. The van der Waals surface area contributed by atoms with Crippen LogP contribution in [-0.2, 0) is 28.9 Å². The fourth-order valence-electron chi connectivity index (χ4n) is 5.05. The molecule has 3 aromatic rings. The SMILES string of the molecule is CCc1c(C(=NC)OC)ccn1CCCO.Nc1ccc(-c2ccc(CCCC(=O)N3CCCCC3)cc2)cn1. The fraction of sp³-hybridized carbons (Fsp3) is 0.469. The molecular formula is C32H45N5O3. The van der Waals surface area contributed by atoms with Gasteiger partial charge in [0.25, 0.3) is 0 Å². The number of carbonyl (C=O) groups is 1. The monoisotopic (exact) mass is 547 g/mol. The van der Waals surface area contributed by atoms with Gasteiger partial charge in [0.2, 0.25) is 11.8 Å². The van der Waals surface area contributed by atoms with Crippen LogP contribution in [-0.4, -0.2) is 65.2 Å². The Morgan fingerprint density at radius 2 is 1.77 bits per heavy atom. The molecule has 216 valence electrons. The third-order valence-corrected chi connectivity index (χ3v) is 7.24. The number of aryl methyl sites for hydroxylation is 2. The zero-order valence-electron chi connectivity index (χ0n) is 24.3. The maximum atomic E-state index is 12.2. The molecule has 2 aromatic heterocycles. The van der Waals surface area contributed by atoms with E-state index in [1.807, 2.05) is 29.3 Å². The van der Waals surface area contributed by atoms with Gasteiger partial charge in [-0.3, -0.25) is 9.79 Å². The van der Waals surface area contributed by atoms with E-state index in [2.05, 4.69) is 45.7 Å². The molecule has 0 unspecified atom stereocenters. The molecule has 0 atom stereocenters. The highest BCUT2D eigenvalue weighted by Gasteiger charge is 2.16. The highest BCUT2D eigenvalue weighted by Crippen LogP contribution is 2.20. The molecule has 0 spiro atoms. The van der Waals surface area contributed by atoms with Gasteiger partial charge in [0.1, 0.15) is 5.82 Å². The first-order valence-electron chi connectivity index (χ1n) is 14.4. The number of pyridine rings is 1. The van der Waals surface area contributed by atoms with Crippen LogP contribution < -0.4 is 5.73 Å². The Bertz CT molecular complexity index is 1200. The largest absolute Gasteiger partial charge is 0.481 e. The Morgan fingerprint density at radius 3 is 2.38 bits per heavy atom. The van der Waals surface area contributed by atoms with Crippen molar-refractivity contribution in [3.05, 3.63) is 71.7 Å². The van der Waals surface area contributed by atoms with Crippen LogP contribution in [0.4, 0.5) is 5.82 Å². The summed E-state index contributed by atoms with van der Waals surface area (Å²) in [6.07, 6.45) is 11.6. The Kier molecular flexibility index (Phi) is 12.7. The van der Waals surface area contributed by atoms with Crippen LogP contribution in [0.15, 0.2) is 59.9 Å². The second kappa shape index (κ2) is 16.5. The van der Waals surface area contributed by atoms with Gasteiger partial charge in [-0.25, -0.2) is 4.98 Å². The van der Waals surface area contributed by atoms with Crippen molar-refractivity contribution in [2.24, 2.45) is 4.99 Å². The normalized spacial score (nSPS) is 13.5. The number of aliphatic hydroxyl groups is 1. The minimum atomic E-state index is 0.218. The number of hydrogen-bond donors (Lipinski definition) is 2. The van der Waals surface area contributed by atoms with Crippen LogP contribution >= 0.6 is 0 Å². The van der Waals surface area contributed by atoms with E-state index in [0.29, 0.717) is 24.0 Å². The third kappa shape index (κ3) is 8.95. The summed E-state index contributed by atoms with van der Waals surface area (Å²) in [7, 11) is 3.36. The molecule has 1 fully saturated rings. The molecule has 0 aliphatic carbocycles. The van der Waals surface area contributed by atoms with Crippen molar-refractivity contribution in [1.82, 2.24) is 14.5 Å². The maximum Gasteiger partial charge on any atom is 0.222 e. The Balaban J connectivity index is 0.000000241. The van der Waals surface area contributed by atoms with E-state index in [4.69, 9.17) is 15.6 Å². The first-order valence-corrected chi connectivity index (χ1v) is 14.4. The molecule has 3 N–H and O–H groups in total. The molecule has 3 heterocycles. The van der Waals surface area contributed by atoms with E-state index in [1.54, 1.807) is 20.4 Å². The molecule has 1 aromatic carbocycles. The fourth-order valence-corrected chi connectivity index (χ4v) is 5.05. The summed E-state index contributed by atoms with van der Waals surface area (Å²) in [6, 6.07) is 14.3. The molecule has 8 nitrogen and oxygen atoms in total. The van der Waals surface area contributed by atoms with Crippen LogP contribution in [0.2, 0.25) is 0 Å². The van der Waals surface area contributed by atoms with E-state index >= 15 is 0 Å². The number of rotatable bonds is 10. The highest BCUT2D eigenvalue weighted by molar-refractivity contribution is 5.95. The molecule has 1 saturated heterocycles. The summed E-state index contributed by atoms with van der Waals surface area (Å²) < 4.78 is 7.38. The van der Waals surface area contributed by atoms with Gasteiger partial charge in [-0.15, -0.1) is 0 Å². The number of benzene rings is 1. The van der Waals surface area contributed by atoms with E-state index in [0.717, 1.165) is 74.8 Å². The Labute approximate surface area is 238 Å². The number of carbonyl (C=O) groups excluding carboxylic acids is 1. The van der Waals surface area contributed by atoms with Crippen molar-refractivity contribution in [2.75, 3.05) is 39.6 Å². The molecule has 1 aliphatic rings. The van der Waals surface area contributed by atoms with Crippen LogP contribution in [0, 0.1) is 0 Å². The average molecular weight is 548 g/mol. The van der Waals surface area contributed by atoms with Gasteiger partial charge in [0.05, 0.1) is 12.7 Å². The number of amides is 1. The molecule has 1 aliphatic heterocycles. The zero-order valence-corrected chi connectivity index (χ0v) is 24.3. The molecule has 4 rings (SSSR count). The predicted molar refractivity (Wildman–Crippen MR) is 162 cm³/mol. The standard InChI is InChI=1S/C20H25N3O.C12H20N2O2/c21-19-12-11-18(15-22-19)17-9-7-16(8-10-17)5-4-6-20(24)23-13-2-1-3-14-23;1-4-11-10(12(13-2)16-3)6-8-14(11)7-5-9-15/h7-12,15H,1-6,13-14H2,(H2,21,22);6,8,15H,4-5,7,9H2,1-3H3. The number of nitrogens with zero attached hydrogens (tertiary/aromatic N) is 4. The van der Waals surface area contributed by atoms with Gasteiger partial charge in [0, 0.05) is 63.4 Å². The number of aliphatic imine (C=N–C) groups is 1. The van der Waals surface area contributed by atoms with E-state index < -0.39 is 0 Å². The minimum absolute atomic E-state index is 0.218. The lowest BCUT2D eigenvalue weighted by Gasteiger charge is -2.26. The minimum Gasteiger partial charge on any atom is -0.481 e. The summed E-state index contributed by atoms with van der Waals surface area (Å²) in [6.45, 7) is 5.06. The van der Waals surface area contributed by atoms with Crippen molar-refractivity contribution in [3.63, 3.8) is 0 Å². The van der Waals surface area contributed by atoms with Crippen LogP contribution in [0.5, 0.6) is 0 Å². The van der Waals surface area contributed by atoms with E-state index in [1.165, 1.54) is 17.7 Å². The Hall–Kier alpha value is -3.65. The van der Waals surface area contributed by atoms with Crippen molar-refractivity contribution in [1.29, 1.82) is 0 Å². The molecule has 1 amide bonds. The number of anilines is 1. The third-order valence-electron chi connectivity index (χ3n) is 7.24. The first kappa shape index (κ1) is 30.9. The van der Waals surface area contributed by atoms with Crippen molar-refractivity contribution >= 4 is 17.6 Å². The van der Waals surface area contributed by atoms with E-state index in [9.17, 15) is 4.79 Å². The average Bonchev–Trinajstić information content (AvgIpc) is 3.41. The quantitative estimate of drug-likeness (QED) is 0.271. The lowest BCUT2D eigenvalue weighted by Crippen LogP contribution is -2.35. The number of aliphatic hydroxyl groups excluding tert-OH is 1. The van der Waals surface area contributed by atoms with E-state index in [-0.39, 0.29) is 6.61 Å². The molecule has 0 bridgehead atoms. The number of ether oxygens (including phenoxy) is 1. The van der Waals surface area contributed by atoms with Gasteiger partial charge < -0.3 is 25.0 Å². The molecule has 8 heteroatoms. The molecule has 0 radical (unpaired) electrons. The van der Waals surface area contributed by atoms with Gasteiger partial charge in [0.15, 0.2) is 0 Å². The number of nitrogens with two attached hydrogens (primary N) is 1. The first-order chi connectivity index (χ1) is 19.5. The molecule has 0 saturated carbocycles. The zero-order chi connectivity index (χ0) is 28.7. The predicted octanol–water partition coefficient (Wildman–Crippen LogP) is 5.12. The van der Waals surface area contributed by atoms with Crippen molar-refractivity contribution in [2.45, 2.75) is 64.8 Å². The lowest BCUT2D eigenvalue weighted by molar-refractivity contribution is -0.132. The number of aromatic nitrogens is 2. The number of nitrogen functional groups attached to an aromatic ring is 1. The number of hydrogen-bond acceptors (Lipinski definition) is 6. The summed E-state index contributed by atoms with van der Waals surface area (Å²) >= 11 is 0. The van der Waals surface area contributed by atoms with Crippen molar-refractivity contribution < 1.29 is 14.6 Å². The number of methoxy groups -OCH3 is 1. The van der Waals surface area contributed by atoms with Gasteiger partial charge >= 0.3 is 0 Å². The van der Waals surface area contributed by atoms with Gasteiger partial charge in [-0.1, -0.05) is 31.2 Å². The summed E-state index contributed by atoms with van der Waals surface area (Å²) in [5.74, 6) is 1.52. The number of piperidine rings is 1. The summed E-state index contributed by atoms with van der Waals surface area (Å²) in [5.41, 5.74) is 11.3. The Morgan fingerprint density at radius 1 is 1.05 bits per heavy atom. The maximum absolute atomic E-state index is 12.2. The highest BCUT2D eigenvalue weighted by atomic mass is 16.5.